The summed E-state index contributed by atoms with van der Waals surface area (Å²) >= 11 is 0. The third-order valence-electron chi connectivity index (χ3n) is 2.96. The highest BCUT2D eigenvalue weighted by Crippen LogP contribution is 2.18. The van der Waals surface area contributed by atoms with E-state index in [1.54, 1.807) is 13.2 Å². The normalized spacial score (nSPS) is 10.2. The van der Waals surface area contributed by atoms with Crippen molar-refractivity contribution in [2.24, 2.45) is 0 Å². The predicted molar refractivity (Wildman–Crippen MR) is 76.3 cm³/mol. The molecule has 0 fully saturated rings. The van der Waals surface area contributed by atoms with Gasteiger partial charge in [0.1, 0.15) is 24.8 Å². The van der Waals surface area contributed by atoms with Gasteiger partial charge < -0.3 is 9.47 Å². The van der Waals surface area contributed by atoms with Crippen LogP contribution in [0.4, 0.5) is 5.69 Å². The van der Waals surface area contributed by atoms with Gasteiger partial charge in [-0.3, -0.25) is 19.6 Å². The van der Waals surface area contributed by atoms with Crippen LogP contribution in [-0.2, 0) is 22.7 Å². The lowest BCUT2D eigenvalue weighted by molar-refractivity contribution is -0.385. The van der Waals surface area contributed by atoms with E-state index in [0.29, 0.717) is 5.75 Å². The topological polar surface area (TPSA) is 96.5 Å². The molecule has 0 aliphatic rings. The Hall–Kier alpha value is -2.90. The molecule has 0 spiro atoms. The van der Waals surface area contributed by atoms with Crippen LogP contribution in [0, 0.1) is 10.1 Å². The number of nitro groups is 1. The van der Waals surface area contributed by atoms with E-state index in [2.05, 4.69) is 5.10 Å². The van der Waals surface area contributed by atoms with E-state index in [0.717, 1.165) is 11.8 Å². The highest BCUT2D eigenvalue weighted by molar-refractivity contribution is 5.69. The zero-order valence-corrected chi connectivity index (χ0v) is 12.0. The molecule has 0 aliphatic heterocycles. The second-order valence-electron chi connectivity index (χ2n) is 4.44. The van der Waals surface area contributed by atoms with Crippen molar-refractivity contribution in [3.8, 4) is 5.75 Å². The molecule has 0 aliphatic carbocycles. The number of hydrogen-bond donors (Lipinski definition) is 0. The minimum Gasteiger partial charge on any atom is -0.496 e. The van der Waals surface area contributed by atoms with Crippen molar-refractivity contribution in [3.63, 3.8) is 0 Å². The SMILES string of the molecule is COc1ccccc1COC(=O)CCn1cc([N+](=O)[O-])cn1. The van der Waals surface area contributed by atoms with Crippen molar-refractivity contribution < 1.29 is 19.2 Å². The lowest BCUT2D eigenvalue weighted by Crippen LogP contribution is -2.10. The number of aryl methyl sites for hydroxylation is 1. The average Bonchev–Trinajstić information content (AvgIpc) is 3.00. The lowest BCUT2D eigenvalue weighted by atomic mass is 10.2. The van der Waals surface area contributed by atoms with Gasteiger partial charge in [0, 0.05) is 5.56 Å². The second-order valence-corrected chi connectivity index (χ2v) is 4.44. The molecular weight excluding hydrogens is 290 g/mol. The van der Waals surface area contributed by atoms with Crippen LogP contribution in [0.5, 0.6) is 5.75 Å². The Balaban J connectivity index is 1.81. The van der Waals surface area contributed by atoms with Gasteiger partial charge in [-0.2, -0.15) is 5.10 Å². The van der Waals surface area contributed by atoms with Crippen molar-refractivity contribution in [1.29, 1.82) is 0 Å². The number of benzene rings is 1. The zero-order valence-electron chi connectivity index (χ0n) is 12.0. The molecule has 22 heavy (non-hydrogen) atoms. The molecule has 0 amide bonds. The number of rotatable bonds is 7. The third kappa shape index (κ3) is 4.05. The maximum atomic E-state index is 11.7. The molecule has 2 aromatic rings. The molecule has 0 unspecified atom stereocenters. The number of carbonyl (C=O) groups excluding carboxylic acids is 1. The van der Waals surface area contributed by atoms with E-state index in [9.17, 15) is 14.9 Å². The molecule has 8 heteroatoms. The van der Waals surface area contributed by atoms with Crippen LogP contribution >= 0.6 is 0 Å². The first-order valence-corrected chi connectivity index (χ1v) is 6.54. The highest BCUT2D eigenvalue weighted by Gasteiger charge is 2.11. The fourth-order valence-corrected chi connectivity index (χ4v) is 1.83. The number of para-hydroxylation sites is 1. The van der Waals surface area contributed by atoms with Crippen molar-refractivity contribution in [2.75, 3.05) is 7.11 Å². The van der Waals surface area contributed by atoms with Crippen molar-refractivity contribution in [1.82, 2.24) is 9.78 Å². The van der Waals surface area contributed by atoms with Gasteiger partial charge in [-0.05, 0) is 6.07 Å². The van der Waals surface area contributed by atoms with Gasteiger partial charge in [0.25, 0.3) is 0 Å². The van der Waals surface area contributed by atoms with Gasteiger partial charge >= 0.3 is 11.7 Å². The van der Waals surface area contributed by atoms with Crippen molar-refractivity contribution in [2.45, 2.75) is 19.6 Å². The molecular formula is C14H15N3O5. The number of hydrogen-bond acceptors (Lipinski definition) is 6. The van der Waals surface area contributed by atoms with Gasteiger partial charge in [-0.15, -0.1) is 0 Å². The first kappa shape index (κ1) is 15.5. The Bertz CT molecular complexity index is 668. The number of methoxy groups -OCH3 is 1. The third-order valence-corrected chi connectivity index (χ3v) is 2.96. The summed E-state index contributed by atoms with van der Waals surface area (Å²) in [6.07, 6.45) is 2.49. The Kier molecular flexibility index (Phi) is 5.07. The maximum absolute atomic E-state index is 11.7. The van der Waals surface area contributed by atoms with Crippen LogP contribution in [0.1, 0.15) is 12.0 Å². The molecule has 1 aromatic heterocycles. The van der Waals surface area contributed by atoms with E-state index in [4.69, 9.17) is 9.47 Å². The van der Waals surface area contributed by atoms with Gasteiger partial charge in [-0.25, -0.2) is 0 Å². The smallest absolute Gasteiger partial charge is 0.308 e. The summed E-state index contributed by atoms with van der Waals surface area (Å²) < 4.78 is 11.7. The van der Waals surface area contributed by atoms with E-state index < -0.39 is 10.9 Å². The number of esters is 1. The Morgan fingerprint density at radius 1 is 1.41 bits per heavy atom. The van der Waals surface area contributed by atoms with Crippen molar-refractivity contribution in [3.05, 3.63) is 52.3 Å². The average molecular weight is 305 g/mol. The quantitative estimate of drug-likeness (QED) is 0.440. The zero-order chi connectivity index (χ0) is 15.9. The summed E-state index contributed by atoms with van der Waals surface area (Å²) in [5.74, 6) is 0.238. The molecule has 2 rings (SSSR count). The molecule has 1 aromatic carbocycles. The fourth-order valence-electron chi connectivity index (χ4n) is 1.83. The summed E-state index contributed by atoms with van der Waals surface area (Å²) in [6.45, 7) is 0.334. The number of nitrogens with zero attached hydrogens (tertiary/aromatic N) is 3. The summed E-state index contributed by atoms with van der Waals surface area (Å²) in [7, 11) is 1.55. The molecule has 0 saturated heterocycles. The van der Waals surface area contributed by atoms with Gasteiger partial charge in [0.05, 0.1) is 25.0 Å². The molecule has 0 atom stereocenters. The van der Waals surface area contributed by atoms with E-state index >= 15 is 0 Å². The fraction of sp³-hybridized carbons (Fsp3) is 0.286. The lowest BCUT2D eigenvalue weighted by Gasteiger charge is -2.09. The van der Waals surface area contributed by atoms with Gasteiger partial charge in [-0.1, -0.05) is 18.2 Å². The Morgan fingerprint density at radius 2 is 2.18 bits per heavy atom. The summed E-state index contributed by atoms with van der Waals surface area (Å²) in [5, 5.41) is 14.3. The molecule has 1 heterocycles. The van der Waals surface area contributed by atoms with E-state index in [-0.39, 0.29) is 25.3 Å². The molecule has 0 radical (unpaired) electrons. The summed E-state index contributed by atoms with van der Waals surface area (Å²) in [4.78, 5) is 21.7. The largest absolute Gasteiger partial charge is 0.496 e. The van der Waals surface area contributed by atoms with Crippen molar-refractivity contribution >= 4 is 11.7 Å². The minimum absolute atomic E-state index is 0.0774. The van der Waals surface area contributed by atoms with Crippen LogP contribution in [-0.4, -0.2) is 27.8 Å². The van der Waals surface area contributed by atoms with Gasteiger partial charge in [0.2, 0.25) is 0 Å². The molecule has 116 valence electrons. The first-order chi connectivity index (χ1) is 10.6. The monoisotopic (exact) mass is 305 g/mol. The standard InChI is InChI=1S/C14H15N3O5/c1-21-13-5-3-2-4-11(13)10-22-14(18)6-7-16-9-12(8-15-16)17(19)20/h2-5,8-9H,6-7,10H2,1H3. The van der Waals surface area contributed by atoms with E-state index in [1.165, 1.54) is 10.9 Å². The van der Waals surface area contributed by atoms with Crippen LogP contribution in [0.15, 0.2) is 36.7 Å². The highest BCUT2D eigenvalue weighted by atomic mass is 16.6. The number of carbonyl (C=O) groups is 1. The summed E-state index contributed by atoms with van der Waals surface area (Å²) in [6, 6.07) is 7.25. The molecule has 0 saturated carbocycles. The van der Waals surface area contributed by atoms with Gasteiger partial charge in [0.15, 0.2) is 0 Å². The number of aromatic nitrogens is 2. The number of ether oxygens (including phenoxy) is 2. The molecule has 0 N–H and O–H groups in total. The first-order valence-electron chi connectivity index (χ1n) is 6.54. The Morgan fingerprint density at radius 3 is 2.86 bits per heavy atom. The molecule has 0 bridgehead atoms. The van der Waals surface area contributed by atoms with E-state index in [1.807, 2.05) is 18.2 Å². The van der Waals surface area contributed by atoms with Crippen LogP contribution in [0.3, 0.4) is 0 Å². The minimum atomic E-state index is -0.538. The Labute approximate surface area is 126 Å². The van der Waals surface area contributed by atoms with Crippen LogP contribution in [0.2, 0.25) is 0 Å². The second kappa shape index (κ2) is 7.21. The maximum Gasteiger partial charge on any atom is 0.308 e. The molecule has 8 nitrogen and oxygen atoms in total. The van der Waals surface area contributed by atoms with Crippen LogP contribution in [0.25, 0.3) is 0 Å². The van der Waals surface area contributed by atoms with Crippen LogP contribution < -0.4 is 4.74 Å². The summed E-state index contributed by atoms with van der Waals surface area (Å²) in [5.41, 5.74) is 0.662. The predicted octanol–water partition coefficient (Wildman–Crippen LogP) is 1.93.